The van der Waals surface area contributed by atoms with Crippen LogP contribution in [0.3, 0.4) is 0 Å². The van der Waals surface area contributed by atoms with Crippen LogP contribution in [-0.2, 0) is 21.1 Å². The van der Waals surface area contributed by atoms with Crippen LogP contribution in [0.1, 0.15) is 36.8 Å². The number of amides is 2. The van der Waals surface area contributed by atoms with Crippen LogP contribution in [0.15, 0.2) is 10.6 Å². The van der Waals surface area contributed by atoms with Gasteiger partial charge in [-0.05, 0) is 43.7 Å². The van der Waals surface area contributed by atoms with E-state index in [4.69, 9.17) is 9.08 Å². The fourth-order valence-corrected chi connectivity index (χ4v) is 4.81. The zero-order chi connectivity index (χ0) is 18.1. The summed E-state index contributed by atoms with van der Waals surface area (Å²) in [7, 11) is -4.75. The topological polar surface area (TPSA) is 125 Å². The van der Waals surface area contributed by atoms with Crippen LogP contribution in [0.25, 0.3) is 0 Å². The maximum Gasteiger partial charge on any atom is 0.418 e. The molecule has 0 aromatic carbocycles. The smallest absolute Gasteiger partial charge is 0.361 e. The monoisotopic (exact) mass is 384 g/mol. The Labute approximate surface area is 150 Å². The second-order valence-electron chi connectivity index (χ2n) is 7.81. The van der Waals surface area contributed by atoms with Crippen LogP contribution in [0.5, 0.6) is 0 Å². The van der Waals surface area contributed by atoms with Gasteiger partial charge in [0.15, 0.2) is 0 Å². The van der Waals surface area contributed by atoms with Crippen LogP contribution in [0.4, 0.5) is 4.79 Å². The lowest BCUT2D eigenvalue weighted by atomic mass is 9.84. The molecule has 3 aliphatic heterocycles. The standard InChI is InChI=1S/C15H20N4O6S/c20-14-18-8-13(19(14)25-26(21,22)23)15(1-2-15)5-12(18)11-4-10(24-17-11)3-9-6-16-7-9/h4,9,12-13,16H,1-3,5-8H2,(H,21,22,23)/t12-,13-/m0/s1. The molecule has 142 valence electrons. The maximum atomic E-state index is 12.7. The molecule has 4 heterocycles. The Morgan fingerprint density at radius 3 is 2.81 bits per heavy atom. The second-order valence-corrected chi connectivity index (χ2v) is 8.81. The number of urea groups is 1. The van der Waals surface area contributed by atoms with Crippen LogP contribution in [0.2, 0.25) is 0 Å². The first-order chi connectivity index (χ1) is 12.3. The van der Waals surface area contributed by atoms with E-state index in [0.717, 1.165) is 43.2 Å². The average Bonchev–Trinajstić information content (AvgIpc) is 3.03. The van der Waals surface area contributed by atoms with E-state index in [1.165, 1.54) is 0 Å². The van der Waals surface area contributed by atoms with E-state index < -0.39 is 16.4 Å². The van der Waals surface area contributed by atoms with Crippen molar-refractivity contribution in [1.29, 1.82) is 0 Å². The number of rotatable bonds is 5. The van der Waals surface area contributed by atoms with E-state index in [9.17, 15) is 13.2 Å². The lowest BCUT2D eigenvalue weighted by Crippen LogP contribution is -2.43. The van der Waals surface area contributed by atoms with Crippen molar-refractivity contribution >= 4 is 16.4 Å². The molecule has 4 aliphatic rings. The van der Waals surface area contributed by atoms with Crippen LogP contribution >= 0.6 is 0 Å². The first-order valence-electron chi connectivity index (χ1n) is 8.78. The molecular weight excluding hydrogens is 364 g/mol. The van der Waals surface area contributed by atoms with Crippen molar-refractivity contribution in [3.05, 3.63) is 17.5 Å². The van der Waals surface area contributed by atoms with Crippen molar-refractivity contribution in [2.45, 2.75) is 37.8 Å². The third kappa shape index (κ3) is 2.61. The molecule has 1 aromatic heterocycles. The van der Waals surface area contributed by atoms with Gasteiger partial charge in [0.05, 0.1) is 12.1 Å². The van der Waals surface area contributed by atoms with Crippen molar-refractivity contribution in [2.75, 3.05) is 19.6 Å². The second kappa shape index (κ2) is 5.41. The number of nitrogens with zero attached hydrogens (tertiary/aromatic N) is 3. The minimum atomic E-state index is -4.75. The number of nitrogens with one attached hydrogen (secondary N) is 1. The molecule has 10 nitrogen and oxygen atoms in total. The molecule has 2 amide bonds. The van der Waals surface area contributed by atoms with E-state index in [2.05, 4.69) is 14.8 Å². The maximum absolute atomic E-state index is 12.7. The van der Waals surface area contributed by atoms with Gasteiger partial charge in [-0.1, -0.05) is 5.16 Å². The summed E-state index contributed by atoms with van der Waals surface area (Å²) >= 11 is 0. The summed E-state index contributed by atoms with van der Waals surface area (Å²) in [5.41, 5.74) is 0.508. The van der Waals surface area contributed by atoms with E-state index in [0.29, 0.717) is 24.6 Å². The highest BCUT2D eigenvalue weighted by Crippen LogP contribution is 2.61. The number of hydrogen-bond donors (Lipinski definition) is 2. The van der Waals surface area contributed by atoms with Gasteiger partial charge in [0.25, 0.3) is 0 Å². The Hall–Kier alpha value is -1.69. The van der Waals surface area contributed by atoms with Gasteiger partial charge in [-0.25, -0.2) is 4.79 Å². The zero-order valence-electron chi connectivity index (χ0n) is 14.0. The Bertz CT molecular complexity index is 846. The normalized spacial score (nSPS) is 30.1. The molecule has 2 bridgehead atoms. The Kier molecular flexibility index (Phi) is 3.43. The molecule has 11 heteroatoms. The SMILES string of the molecule is O=C1N2C[C@H](N1OS(=O)(=O)O)C1(CC1)C[C@H]2c1cc(CC2CNC2)on1. The van der Waals surface area contributed by atoms with Gasteiger partial charge in [0.2, 0.25) is 0 Å². The summed E-state index contributed by atoms with van der Waals surface area (Å²) in [4.78, 5) is 14.3. The van der Waals surface area contributed by atoms with Gasteiger partial charge in [-0.15, -0.1) is 4.28 Å². The average molecular weight is 384 g/mol. The molecule has 4 fully saturated rings. The molecule has 1 aromatic rings. The Morgan fingerprint density at radius 2 is 2.19 bits per heavy atom. The van der Waals surface area contributed by atoms with Crippen molar-refractivity contribution in [3.8, 4) is 0 Å². The molecule has 2 N–H and O–H groups in total. The summed E-state index contributed by atoms with van der Waals surface area (Å²) in [6.07, 6.45) is 3.27. The van der Waals surface area contributed by atoms with Gasteiger partial charge >= 0.3 is 16.4 Å². The van der Waals surface area contributed by atoms with E-state index in [-0.39, 0.29) is 17.5 Å². The number of hydrogen-bond acceptors (Lipinski definition) is 7. The third-order valence-electron chi connectivity index (χ3n) is 6.11. The lowest BCUT2D eigenvalue weighted by molar-refractivity contribution is -0.0527. The molecule has 0 radical (unpaired) electrons. The van der Waals surface area contributed by atoms with Gasteiger partial charge in [-0.2, -0.15) is 13.5 Å². The van der Waals surface area contributed by atoms with E-state index in [1.54, 1.807) is 4.90 Å². The van der Waals surface area contributed by atoms with Crippen molar-refractivity contribution in [2.24, 2.45) is 11.3 Å². The number of carbonyl (C=O) groups excluding carboxylic acids is 1. The number of piperidine rings is 1. The predicted molar refractivity (Wildman–Crippen MR) is 86.0 cm³/mol. The Morgan fingerprint density at radius 1 is 1.42 bits per heavy atom. The van der Waals surface area contributed by atoms with Crippen LogP contribution < -0.4 is 5.32 Å². The highest BCUT2D eigenvalue weighted by Gasteiger charge is 2.64. The zero-order valence-corrected chi connectivity index (χ0v) is 14.8. The molecule has 26 heavy (non-hydrogen) atoms. The first-order valence-corrected chi connectivity index (χ1v) is 10.1. The molecule has 5 rings (SSSR count). The fraction of sp³-hybridized carbons (Fsp3) is 0.733. The highest BCUT2D eigenvalue weighted by molar-refractivity contribution is 7.80. The fourth-order valence-electron chi connectivity index (χ4n) is 4.44. The lowest BCUT2D eigenvalue weighted by Gasteiger charge is -2.35. The number of hydroxylamine groups is 2. The molecule has 2 atom stereocenters. The Balaban J connectivity index is 1.40. The van der Waals surface area contributed by atoms with Crippen LogP contribution in [0, 0.1) is 11.3 Å². The van der Waals surface area contributed by atoms with Crippen molar-refractivity contribution < 1.29 is 26.6 Å². The summed E-state index contributed by atoms with van der Waals surface area (Å²) in [6.45, 7) is 2.29. The molecule has 1 spiro atoms. The number of aromatic nitrogens is 1. The quantitative estimate of drug-likeness (QED) is 0.703. The summed E-state index contributed by atoms with van der Waals surface area (Å²) < 4.78 is 41.3. The molecule has 0 unspecified atom stereocenters. The highest BCUT2D eigenvalue weighted by atomic mass is 32.3. The van der Waals surface area contributed by atoms with Crippen LogP contribution in [-0.4, -0.2) is 59.8 Å². The minimum Gasteiger partial charge on any atom is -0.361 e. The van der Waals surface area contributed by atoms with Crippen molar-refractivity contribution in [3.63, 3.8) is 0 Å². The number of fused-ring (bicyclic) bond motifs is 3. The molecule has 1 aliphatic carbocycles. The molecule has 1 saturated carbocycles. The minimum absolute atomic E-state index is 0.185. The summed E-state index contributed by atoms with van der Waals surface area (Å²) in [5.74, 6) is 1.35. The van der Waals surface area contributed by atoms with Gasteiger partial charge < -0.3 is 14.7 Å². The van der Waals surface area contributed by atoms with Gasteiger partial charge in [0, 0.05) is 19.0 Å². The van der Waals surface area contributed by atoms with E-state index >= 15 is 0 Å². The summed E-state index contributed by atoms with van der Waals surface area (Å²) in [6, 6.07) is 0.696. The molecular formula is C15H20N4O6S. The third-order valence-corrected chi connectivity index (χ3v) is 6.46. The summed E-state index contributed by atoms with van der Waals surface area (Å²) in [5, 5.41) is 8.22. The largest absolute Gasteiger partial charge is 0.418 e. The number of carbonyl (C=O) groups is 1. The van der Waals surface area contributed by atoms with Gasteiger partial charge in [-0.3, -0.25) is 4.55 Å². The predicted octanol–water partition coefficient (Wildman–Crippen LogP) is 0.502. The van der Waals surface area contributed by atoms with E-state index in [1.807, 2.05) is 6.07 Å². The molecule has 3 saturated heterocycles. The first kappa shape index (κ1) is 16.5. The van der Waals surface area contributed by atoms with Crippen molar-refractivity contribution in [1.82, 2.24) is 20.4 Å². The van der Waals surface area contributed by atoms with Gasteiger partial charge in [0.1, 0.15) is 11.5 Å².